The van der Waals surface area contributed by atoms with E-state index in [0.29, 0.717) is 5.82 Å². The Kier molecular flexibility index (Phi) is 2.94. The van der Waals surface area contributed by atoms with E-state index >= 15 is 0 Å². The predicted molar refractivity (Wildman–Crippen MR) is 78.9 cm³/mol. The number of phenols is 1. The zero-order valence-electron chi connectivity index (χ0n) is 10.5. The molecule has 0 saturated heterocycles. The first kappa shape index (κ1) is 12.0. The van der Waals surface area contributed by atoms with Crippen molar-refractivity contribution in [2.75, 3.05) is 5.32 Å². The summed E-state index contributed by atoms with van der Waals surface area (Å²) in [6, 6.07) is 12.5. The molecule has 0 bridgehead atoms. The zero-order chi connectivity index (χ0) is 13.9. The second-order valence-corrected chi connectivity index (χ2v) is 4.27. The van der Waals surface area contributed by atoms with Crippen molar-refractivity contribution in [3.63, 3.8) is 0 Å². The summed E-state index contributed by atoms with van der Waals surface area (Å²) < 4.78 is 0. The van der Waals surface area contributed by atoms with E-state index < -0.39 is 0 Å². The molecule has 20 heavy (non-hydrogen) atoms. The van der Waals surface area contributed by atoms with Gasteiger partial charge >= 0.3 is 0 Å². The summed E-state index contributed by atoms with van der Waals surface area (Å²) >= 11 is 0. The fraction of sp³-hybridized carbons (Fsp3) is 0. The highest BCUT2D eigenvalue weighted by Gasteiger charge is 2.05. The Hall–Kier alpha value is -3.06. The number of hydrogen-bond donors (Lipinski definition) is 2. The first-order chi connectivity index (χ1) is 9.76. The average molecular weight is 261 g/mol. The molecule has 4 heteroatoms. The molecular weight excluding hydrogens is 250 g/mol. The van der Waals surface area contributed by atoms with Crippen LogP contribution in [0.25, 0.3) is 10.9 Å². The summed E-state index contributed by atoms with van der Waals surface area (Å²) in [6.07, 6.45) is 6.86. The monoisotopic (exact) mass is 261 g/mol. The molecule has 1 aromatic heterocycles. The summed E-state index contributed by atoms with van der Waals surface area (Å²) in [6.45, 7) is 0. The van der Waals surface area contributed by atoms with Crippen LogP contribution in [-0.4, -0.2) is 15.1 Å². The molecule has 0 atom stereocenters. The number of hydrogen-bond acceptors (Lipinski definition) is 4. The number of nitrogens with zero attached hydrogens (tertiary/aromatic N) is 2. The van der Waals surface area contributed by atoms with Crippen LogP contribution in [0.2, 0.25) is 0 Å². The van der Waals surface area contributed by atoms with Crippen molar-refractivity contribution in [1.29, 1.82) is 0 Å². The molecule has 1 heterocycles. The summed E-state index contributed by atoms with van der Waals surface area (Å²) in [5.41, 5.74) is 2.38. The minimum absolute atomic E-state index is 0.174. The summed E-state index contributed by atoms with van der Waals surface area (Å²) in [5, 5.41) is 13.5. The molecule has 4 nitrogen and oxygen atoms in total. The summed E-state index contributed by atoms with van der Waals surface area (Å²) in [5.74, 6) is 3.39. The van der Waals surface area contributed by atoms with Gasteiger partial charge in [-0.1, -0.05) is 12.0 Å². The van der Waals surface area contributed by atoms with E-state index in [9.17, 15) is 5.11 Å². The number of aromatic nitrogens is 2. The molecule has 0 spiro atoms. The van der Waals surface area contributed by atoms with Crippen LogP contribution in [0.4, 0.5) is 11.5 Å². The van der Waals surface area contributed by atoms with Crippen molar-refractivity contribution in [1.82, 2.24) is 9.97 Å². The van der Waals surface area contributed by atoms with Gasteiger partial charge in [0.05, 0.1) is 5.52 Å². The number of terminal acetylenes is 1. The normalized spacial score (nSPS) is 10.2. The number of rotatable bonds is 2. The second-order valence-electron chi connectivity index (χ2n) is 4.27. The van der Waals surface area contributed by atoms with Crippen molar-refractivity contribution >= 4 is 22.4 Å². The molecule has 0 unspecified atom stereocenters. The van der Waals surface area contributed by atoms with Gasteiger partial charge in [-0.05, 0) is 36.4 Å². The fourth-order valence-corrected chi connectivity index (χ4v) is 1.97. The van der Waals surface area contributed by atoms with Gasteiger partial charge in [-0.3, -0.25) is 0 Å². The Bertz CT molecular complexity index is 821. The van der Waals surface area contributed by atoms with Gasteiger partial charge in [-0.25, -0.2) is 9.97 Å². The van der Waals surface area contributed by atoms with Crippen molar-refractivity contribution in [3.05, 3.63) is 54.4 Å². The van der Waals surface area contributed by atoms with Gasteiger partial charge < -0.3 is 10.4 Å². The highest BCUT2D eigenvalue weighted by atomic mass is 16.3. The van der Waals surface area contributed by atoms with E-state index in [1.807, 2.05) is 24.3 Å². The Balaban J connectivity index is 2.06. The molecule has 3 rings (SSSR count). The van der Waals surface area contributed by atoms with Gasteiger partial charge in [-0.2, -0.15) is 0 Å². The Morgan fingerprint density at radius 1 is 1.10 bits per heavy atom. The zero-order valence-corrected chi connectivity index (χ0v) is 10.5. The number of phenolic OH excluding ortho intramolecular Hbond substituents is 1. The van der Waals surface area contributed by atoms with Crippen LogP contribution >= 0.6 is 0 Å². The molecule has 0 saturated carbocycles. The molecule has 96 valence electrons. The third-order valence-electron chi connectivity index (χ3n) is 2.91. The van der Waals surface area contributed by atoms with Gasteiger partial charge in [0.25, 0.3) is 0 Å². The topological polar surface area (TPSA) is 58.0 Å². The molecule has 0 aliphatic rings. The van der Waals surface area contributed by atoms with Gasteiger partial charge in [0.2, 0.25) is 0 Å². The maximum Gasteiger partial charge on any atom is 0.141 e. The minimum atomic E-state index is 0.174. The maximum atomic E-state index is 9.59. The SMILES string of the molecule is C#Cc1cccc(Nc2ncnc3ccc(O)cc23)c1. The molecule has 2 aromatic carbocycles. The van der Waals surface area contributed by atoms with Crippen molar-refractivity contribution in [2.45, 2.75) is 0 Å². The smallest absolute Gasteiger partial charge is 0.141 e. The lowest BCUT2D eigenvalue weighted by Crippen LogP contribution is -1.96. The van der Waals surface area contributed by atoms with Crippen LogP contribution in [0.1, 0.15) is 5.56 Å². The van der Waals surface area contributed by atoms with Gasteiger partial charge in [-0.15, -0.1) is 6.42 Å². The standard InChI is InChI=1S/C16H11N3O/c1-2-11-4-3-5-12(8-11)19-16-14-9-13(20)6-7-15(14)17-10-18-16/h1,3-10,20H,(H,17,18,19). The second kappa shape index (κ2) is 4.90. The van der Waals surface area contributed by atoms with E-state index in [4.69, 9.17) is 6.42 Å². The Morgan fingerprint density at radius 2 is 2.00 bits per heavy atom. The number of benzene rings is 2. The lowest BCUT2D eigenvalue weighted by Gasteiger charge is -2.08. The number of aromatic hydroxyl groups is 1. The van der Waals surface area contributed by atoms with Gasteiger partial charge in [0.15, 0.2) is 0 Å². The molecule has 0 aliphatic carbocycles. The van der Waals surface area contributed by atoms with E-state index in [2.05, 4.69) is 21.2 Å². The lowest BCUT2D eigenvalue weighted by molar-refractivity contribution is 0.476. The Labute approximate surface area is 116 Å². The van der Waals surface area contributed by atoms with Crippen molar-refractivity contribution in [2.24, 2.45) is 0 Å². The molecule has 0 radical (unpaired) electrons. The van der Waals surface area contributed by atoms with Crippen molar-refractivity contribution in [3.8, 4) is 18.1 Å². The van der Waals surface area contributed by atoms with Crippen LogP contribution in [0, 0.1) is 12.3 Å². The van der Waals surface area contributed by atoms with Crippen LogP contribution in [-0.2, 0) is 0 Å². The quantitative estimate of drug-likeness (QED) is 0.696. The summed E-state index contributed by atoms with van der Waals surface area (Å²) in [7, 11) is 0. The third kappa shape index (κ3) is 2.25. The van der Waals surface area contributed by atoms with Crippen LogP contribution in [0.3, 0.4) is 0 Å². The van der Waals surface area contributed by atoms with Gasteiger partial charge in [0.1, 0.15) is 17.9 Å². The van der Waals surface area contributed by atoms with Crippen LogP contribution in [0.15, 0.2) is 48.8 Å². The molecule has 0 aliphatic heterocycles. The third-order valence-corrected chi connectivity index (χ3v) is 2.91. The highest BCUT2D eigenvalue weighted by molar-refractivity contribution is 5.91. The van der Waals surface area contributed by atoms with E-state index in [1.54, 1.807) is 18.2 Å². The lowest BCUT2D eigenvalue weighted by atomic mass is 10.2. The predicted octanol–water partition coefficient (Wildman–Crippen LogP) is 3.06. The Morgan fingerprint density at radius 3 is 2.85 bits per heavy atom. The maximum absolute atomic E-state index is 9.59. The number of fused-ring (bicyclic) bond motifs is 1. The van der Waals surface area contributed by atoms with Crippen LogP contribution in [0.5, 0.6) is 5.75 Å². The largest absolute Gasteiger partial charge is 0.508 e. The fourth-order valence-electron chi connectivity index (χ4n) is 1.97. The van der Waals surface area contributed by atoms with Gasteiger partial charge in [0, 0.05) is 16.6 Å². The van der Waals surface area contributed by atoms with E-state index in [0.717, 1.165) is 22.2 Å². The first-order valence-corrected chi connectivity index (χ1v) is 6.04. The van der Waals surface area contributed by atoms with Crippen LogP contribution < -0.4 is 5.32 Å². The number of nitrogens with one attached hydrogen (secondary N) is 1. The van der Waals surface area contributed by atoms with Crippen molar-refractivity contribution < 1.29 is 5.11 Å². The molecule has 0 amide bonds. The highest BCUT2D eigenvalue weighted by Crippen LogP contribution is 2.26. The first-order valence-electron chi connectivity index (χ1n) is 6.04. The molecular formula is C16H11N3O. The van der Waals surface area contributed by atoms with E-state index in [-0.39, 0.29) is 5.75 Å². The number of anilines is 2. The molecule has 0 fully saturated rings. The molecule has 2 N–H and O–H groups in total. The summed E-state index contributed by atoms with van der Waals surface area (Å²) in [4.78, 5) is 8.38. The van der Waals surface area contributed by atoms with E-state index in [1.165, 1.54) is 6.33 Å². The minimum Gasteiger partial charge on any atom is -0.508 e. The average Bonchev–Trinajstić information content (AvgIpc) is 2.48. The molecule has 3 aromatic rings.